The second-order valence-corrected chi connectivity index (χ2v) is 7.87. The molecule has 0 spiro atoms. The number of hydrogen-bond acceptors (Lipinski definition) is 6. The first-order valence-electron chi connectivity index (χ1n) is 9.40. The zero-order valence-electron chi connectivity index (χ0n) is 16.9. The first kappa shape index (κ1) is 21.5. The van der Waals surface area contributed by atoms with E-state index in [1.807, 2.05) is 20.8 Å². The number of halogens is 2. The first-order chi connectivity index (χ1) is 14.0. The van der Waals surface area contributed by atoms with Gasteiger partial charge in [-0.05, 0) is 45.0 Å². The fourth-order valence-electron chi connectivity index (χ4n) is 3.10. The number of carbonyl (C=O) groups is 1. The summed E-state index contributed by atoms with van der Waals surface area (Å²) in [7, 11) is 0. The summed E-state index contributed by atoms with van der Waals surface area (Å²) in [6.45, 7) is 7.71. The largest absolute Gasteiger partial charge is 0.444 e. The van der Waals surface area contributed by atoms with Crippen LogP contribution < -0.4 is 4.90 Å². The molecule has 0 unspecified atom stereocenters. The molecule has 2 aromatic rings. The summed E-state index contributed by atoms with van der Waals surface area (Å²) in [6, 6.07) is 6.88. The lowest BCUT2D eigenvalue weighted by Gasteiger charge is -2.36. The number of piperazine rings is 1. The summed E-state index contributed by atoms with van der Waals surface area (Å²) >= 11 is 0. The van der Waals surface area contributed by atoms with Gasteiger partial charge in [-0.3, -0.25) is 10.1 Å². The maximum atomic E-state index is 13.0. The van der Waals surface area contributed by atoms with Crippen LogP contribution >= 0.6 is 0 Å². The smallest absolute Gasteiger partial charge is 0.410 e. The van der Waals surface area contributed by atoms with E-state index in [2.05, 4.69) is 10.00 Å². The molecule has 1 aliphatic heterocycles. The summed E-state index contributed by atoms with van der Waals surface area (Å²) in [5.41, 5.74) is -0.801. The number of aromatic nitrogens is 2. The van der Waals surface area contributed by atoms with E-state index in [9.17, 15) is 23.7 Å². The van der Waals surface area contributed by atoms with Crippen LogP contribution in [0.1, 0.15) is 32.9 Å². The minimum Gasteiger partial charge on any atom is -0.444 e. The molecule has 1 fully saturated rings. The molecule has 1 aromatic carbocycles. The fourth-order valence-corrected chi connectivity index (χ4v) is 3.10. The predicted molar refractivity (Wildman–Crippen MR) is 105 cm³/mol. The maximum Gasteiger partial charge on any atom is 0.410 e. The van der Waals surface area contributed by atoms with E-state index in [1.165, 1.54) is 0 Å². The van der Waals surface area contributed by atoms with Crippen molar-refractivity contribution in [2.75, 3.05) is 31.1 Å². The van der Waals surface area contributed by atoms with Crippen molar-refractivity contribution < 1.29 is 23.2 Å². The highest BCUT2D eigenvalue weighted by atomic mass is 19.3. The molecule has 0 atom stereocenters. The Balaban J connectivity index is 1.67. The van der Waals surface area contributed by atoms with Crippen LogP contribution in [0, 0.1) is 10.1 Å². The minimum absolute atomic E-state index is 0.340. The van der Waals surface area contributed by atoms with Gasteiger partial charge in [0.2, 0.25) is 5.69 Å². The Hall–Kier alpha value is -3.24. The van der Waals surface area contributed by atoms with E-state index in [0.29, 0.717) is 31.9 Å². The Labute approximate surface area is 172 Å². The molecule has 162 valence electrons. The van der Waals surface area contributed by atoms with Gasteiger partial charge in [-0.25, -0.2) is 18.3 Å². The summed E-state index contributed by atoms with van der Waals surface area (Å²) in [5, 5.41) is 14.6. The number of amides is 1. The highest BCUT2D eigenvalue weighted by Crippen LogP contribution is 2.29. The van der Waals surface area contributed by atoms with Crippen molar-refractivity contribution in [3.63, 3.8) is 0 Å². The van der Waals surface area contributed by atoms with Gasteiger partial charge in [-0.1, -0.05) is 0 Å². The summed E-state index contributed by atoms with van der Waals surface area (Å²) in [5.74, 6) is 0. The third-order valence-corrected chi connectivity index (χ3v) is 4.54. The highest BCUT2D eigenvalue weighted by Gasteiger charge is 2.28. The number of nitrogens with zero attached hydrogens (tertiary/aromatic N) is 5. The van der Waals surface area contributed by atoms with Gasteiger partial charge < -0.3 is 14.5 Å². The molecule has 2 heterocycles. The number of hydrogen-bond donors (Lipinski definition) is 0. The average Bonchev–Trinajstić information content (AvgIpc) is 3.13. The van der Waals surface area contributed by atoms with Crippen LogP contribution in [0.25, 0.3) is 5.69 Å². The van der Waals surface area contributed by atoms with Crippen molar-refractivity contribution in [3.05, 3.63) is 46.3 Å². The van der Waals surface area contributed by atoms with Gasteiger partial charge in [0.1, 0.15) is 11.8 Å². The van der Waals surface area contributed by atoms with Crippen LogP contribution in [0.4, 0.5) is 25.0 Å². The maximum absolute atomic E-state index is 13.0. The molecule has 11 heteroatoms. The normalized spacial score (nSPS) is 14.9. The molecule has 0 bridgehead atoms. The van der Waals surface area contributed by atoms with Crippen molar-refractivity contribution in [1.29, 1.82) is 0 Å². The number of anilines is 1. The Morgan fingerprint density at radius 2 is 1.70 bits per heavy atom. The third kappa shape index (κ3) is 4.84. The zero-order valence-corrected chi connectivity index (χ0v) is 16.9. The molecule has 0 saturated carbocycles. The highest BCUT2D eigenvalue weighted by molar-refractivity contribution is 5.68. The zero-order chi connectivity index (χ0) is 22.1. The molecular weight excluding hydrogens is 400 g/mol. The second-order valence-electron chi connectivity index (χ2n) is 7.87. The average molecular weight is 423 g/mol. The molecule has 1 amide bonds. The Morgan fingerprint density at radius 1 is 1.13 bits per heavy atom. The van der Waals surface area contributed by atoms with E-state index in [4.69, 9.17) is 4.74 Å². The summed E-state index contributed by atoms with van der Waals surface area (Å²) in [4.78, 5) is 26.0. The van der Waals surface area contributed by atoms with E-state index in [1.54, 1.807) is 29.2 Å². The van der Waals surface area contributed by atoms with Gasteiger partial charge >= 0.3 is 11.8 Å². The van der Waals surface area contributed by atoms with Gasteiger partial charge in [0.05, 0.1) is 10.6 Å². The van der Waals surface area contributed by atoms with Crippen molar-refractivity contribution in [2.24, 2.45) is 0 Å². The minimum atomic E-state index is -3.04. The van der Waals surface area contributed by atoms with Crippen LogP contribution in [-0.4, -0.2) is 57.5 Å². The molecule has 0 radical (unpaired) electrons. The van der Waals surface area contributed by atoms with E-state index in [0.717, 1.165) is 16.6 Å². The fraction of sp³-hybridized carbons (Fsp3) is 0.474. The van der Waals surface area contributed by atoms with Crippen molar-refractivity contribution in [1.82, 2.24) is 14.7 Å². The number of ether oxygens (including phenoxy) is 1. The van der Waals surface area contributed by atoms with Gasteiger partial charge in [-0.2, -0.15) is 5.10 Å². The lowest BCUT2D eigenvalue weighted by Crippen LogP contribution is -2.50. The number of rotatable bonds is 4. The molecule has 1 aromatic heterocycles. The van der Waals surface area contributed by atoms with Gasteiger partial charge in [-0.15, -0.1) is 0 Å². The molecule has 0 N–H and O–H groups in total. The molecule has 1 saturated heterocycles. The van der Waals surface area contributed by atoms with Crippen LogP contribution in [0.3, 0.4) is 0 Å². The number of nitro groups is 1. The molecule has 0 aliphatic carbocycles. The van der Waals surface area contributed by atoms with Crippen LogP contribution in [0.2, 0.25) is 0 Å². The Bertz CT molecular complexity index is 916. The number of alkyl halides is 2. The molecule has 30 heavy (non-hydrogen) atoms. The number of benzene rings is 1. The quantitative estimate of drug-likeness (QED) is 0.549. The van der Waals surface area contributed by atoms with Gasteiger partial charge in [0.25, 0.3) is 6.43 Å². The van der Waals surface area contributed by atoms with Crippen LogP contribution in [0.15, 0.2) is 30.5 Å². The van der Waals surface area contributed by atoms with Crippen LogP contribution in [-0.2, 0) is 4.74 Å². The van der Waals surface area contributed by atoms with E-state index >= 15 is 0 Å². The van der Waals surface area contributed by atoms with Crippen molar-refractivity contribution in [3.8, 4) is 5.69 Å². The molecule has 3 rings (SSSR count). The standard InChI is InChI=1S/C19H23F2N5O4/c1-19(2,3)30-18(27)24-10-8-23(9-11-24)13-4-6-14(7-5-13)25-12-15(26(28)29)16(22-25)17(20)21/h4-7,12,17H,8-11H2,1-3H3. The monoisotopic (exact) mass is 423 g/mol. The van der Waals surface area contributed by atoms with Crippen LogP contribution in [0.5, 0.6) is 0 Å². The Morgan fingerprint density at radius 3 is 2.17 bits per heavy atom. The first-order valence-corrected chi connectivity index (χ1v) is 9.40. The molecular formula is C19H23F2N5O4. The number of carbonyl (C=O) groups excluding carboxylic acids is 1. The summed E-state index contributed by atoms with van der Waals surface area (Å²) < 4.78 is 32.4. The van der Waals surface area contributed by atoms with E-state index in [-0.39, 0.29) is 6.09 Å². The third-order valence-electron chi connectivity index (χ3n) is 4.54. The Kier molecular flexibility index (Phi) is 5.90. The van der Waals surface area contributed by atoms with Gasteiger partial charge in [0, 0.05) is 31.9 Å². The topological polar surface area (TPSA) is 93.7 Å². The van der Waals surface area contributed by atoms with Crippen molar-refractivity contribution >= 4 is 17.5 Å². The van der Waals surface area contributed by atoms with Gasteiger partial charge in [0.15, 0.2) is 0 Å². The summed E-state index contributed by atoms with van der Waals surface area (Å²) in [6.07, 6.45) is -2.39. The second kappa shape index (κ2) is 8.25. The molecule has 1 aliphatic rings. The lowest BCUT2D eigenvalue weighted by molar-refractivity contribution is -0.386. The predicted octanol–water partition coefficient (Wildman–Crippen LogP) is 3.78. The molecule has 9 nitrogen and oxygen atoms in total. The lowest BCUT2D eigenvalue weighted by atomic mass is 10.2. The van der Waals surface area contributed by atoms with Crippen molar-refractivity contribution in [2.45, 2.75) is 32.8 Å². The SMILES string of the molecule is CC(C)(C)OC(=O)N1CCN(c2ccc(-n3cc([N+](=O)[O-])c(C(F)F)n3)cc2)CC1. The van der Waals surface area contributed by atoms with E-state index < -0.39 is 28.3 Å².